The van der Waals surface area contributed by atoms with Crippen molar-refractivity contribution < 1.29 is 13.9 Å². The van der Waals surface area contributed by atoms with Gasteiger partial charge in [0.05, 0.1) is 16.1 Å². The molecule has 4 rings (SSSR count). The van der Waals surface area contributed by atoms with Crippen molar-refractivity contribution in [3.8, 4) is 11.5 Å². The molecule has 0 unspecified atom stereocenters. The number of fused-ring (bicyclic) bond motifs is 1. The summed E-state index contributed by atoms with van der Waals surface area (Å²) in [6.45, 7) is 0. The van der Waals surface area contributed by atoms with Gasteiger partial charge in [0, 0.05) is 38.1 Å². The molecule has 0 aliphatic carbocycles. The fourth-order valence-corrected chi connectivity index (χ4v) is 3.10. The van der Waals surface area contributed by atoms with Crippen molar-refractivity contribution in [2.24, 2.45) is 7.05 Å². The second-order valence-corrected chi connectivity index (χ2v) is 6.86. The first-order valence-corrected chi connectivity index (χ1v) is 9.37. The number of nitrogens with zero attached hydrogens (tertiary/aromatic N) is 3. The number of anilines is 2. The molecule has 9 heteroatoms. The largest absolute Gasteiger partial charge is 0.457 e. The van der Waals surface area contributed by atoms with E-state index in [4.69, 9.17) is 16.3 Å². The van der Waals surface area contributed by atoms with Gasteiger partial charge >= 0.3 is 0 Å². The van der Waals surface area contributed by atoms with E-state index < -0.39 is 5.82 Å². The molecular weight excluding hydrogens is 409 g/mol. The Bertz CT molecular complexity index is 1260. The molecule has 2 aromatic carbocycles. The first kappa shape index (κ1) is 19.7. The van der Waals surface area contributed by atoms with E-state index >= 15 is 0 Å². The molecule has 0 atom stereocenters. The van der Waals surface area contributed by atoms with Gasteiger partial charge in [-0.15, -0.1) is 0 Å². The Kier molecular flexibility index (Phi) is 5.24. The van der Waals surface area contributed by atoms with E-state index in [2.05, 4.69) is 20.6 Å². The fourth-order valence-electron chi connectivity index (χ4n) is 2.92. The summed E-state index contributed by atoms with van der Waals surface area (Å²) in [7, 11) is 3.40. The van der Waals surface area contributed by atoms with Crippen LogP contribution in [0.1, 0.15) is 10.5 Å². The van der Waals surface area contributed by atoms with Gasteiger partial charge in [-0.25, -0.2) is 9.37 Å². The number of carbonyl (C=O) groups excluding carboxylic acids is 1. The lowest BCUT2D eigenvalue weighted by Gasteiger charge is -2.07. The molecule has 30 heavy (non-hydrogen) atoms. The monoisotopic (exact) mass is 425 g/mol. The van der Waals surface area contributed by atoms with Gasteiger partial charge in [-0.05, 0) is 36.4 Å². The Morgan fingerprint density at radius 3 is 2.70 bits per heavy atom. The first-order valence-electron chi connectivity index (χ1n) is 8.99. The lowest BCUT2D eigenvalue weighted by molar-refractivity contribution is 0.0958. The first-order chi connectivity index (χ1) is 14.4. The van der Waals surface area contributed by atoms with Crippen molar-refractivity contribution in [2.45, 2.75) is 0 Å². The third kappa shape index (κ3) is 3.90. The molecule has 0 radical (unpaired) electrons. The normalized spacial score (nSPS) is 10.8. The summed E-state index contributed by atoms with van der Waals surface area (Å²) in [5, 5.41) is 5.69. The summed E-state index contributed by atoms with van der Waals surface area (Å²) in [4.78, 5) is 20.3. The molecule has 0 aliphatic heterocycles. The molecule has 2 N–H and O–H groups in total. The van der Waals surface area contributed by atoms with E-state index in [1.54, 1.807) is 24.3 Å². The second-order valence-electron chi connectivity index (χ2n) is 6.46. The Morgan fingerprint density at radius 2 is 1.93 bits per heavy atom. The summed E-state index contributed by atoms with van der Waals surface area (Å²) < 4.78 is 21.1. The average Bonchev–Trinajstić information content (AvgIpc) is 3.05. The second kappa shape index (κ2) is 8.00. The van der Waals surface area contributed by atoms with Gasteiger partial charge in [0.25, 0.3) is 5.91 Å². The van der Waals surface area contributed by atoms with Crippen LogP contribution in [0.15, 0.2) is 54.7 Å². The highest BCUT2D eigenvalue weighted by atomic mass is 35.5. The number of imidazole rings is 1. The van der Waals surface area contributed by atoms with E-state index in [9.17, 15) is 9.18 Å². The number of carbonyl (C=O) groups is 1. The number of benzene rings is 2. The minimum Gasteiger partial charge on any atom is -0.457 e. The number of hydrogen-bond acceptors (Lipinski definition) is 5. The molecule has 152 valence electrons. The maximum Gasteiger partial charge on any atom is 0.269 e. The molecule has 7 nitrogen and oxygen atoms in total. The molecule has 2 aromatic heterocycles. The Labute approximate surface area is 176 Å². The van der Waals surface area contributed by atoms with Gasteiger partial charge in [-0.1, -0.05) is 11.6 Å². The van der Waals surface area contributed by atoms with Crippen molar-refractivity contribution >= 4 is 40.2 Å². The molecule has 4 aromatic rings. The Balaban J connectivity index is 1.60. The number of nitrogens with one attached hydrogen (secondary N) is 2. The number of hydrogen-bond donors (Lipinski definition) is 2. The van der Waals surface area contributed by atoms with Gasteiger partial charge in [0.2, 0.25) is 5.95 Å². The van der Waals surface area contributed by atoms with Gasteiger partial charge in [-0.3, -0.25) is 9.78 Å². The van der Waals surface area contributed by atoms with Crippen molar-refractivity contribution in [1.82, 2.24) is 19.9 Å². The topological polar surface area (TPSA) is 81.1 Å². The summed E-state index contributed by atoms with van der Waals surface area (Å²) in [6.07, 6.45) is 1.51. The van der Waals surface area contributed by atoms with Crippen LogP contribution in [0, 0.1) is 5.82 Å². The van der Waals surface area contributed by atoms with Crippen molar-refractivity contribution in [1.29, 1.82) is 0 Å². The van der Waals surface area contributed by atoms with Crippen LogP contribution in [0.5, 0.6) is 11.5 Å². The third-order valence-corrected chi connectivity index (χ3v) is 4.74. The lowest BCUT2D eigenvalue weighted by atomic mass is 10.3. The fraction of sp³-hybridized carbons (Fsp3) is 0.0952. The predicted octanol–water partition coefficient (Wildman–Crippen LogP) is 4.66. The zero-order valence-corrected chi connectivity index (χ0v) is 16.9. The van der Waals surface area contributed by atoms with Crippen LogP contribution >= 0.6 is 11.6 Å². The van der Waals surface area contributed by atoms with Gasteiger partial charge in [0.15, 0.2) is 0 Å². The van der Waals surface area contributed by atoms with Crippen LogP contribution < -0.4 is 15.4 Å². The van der Waals surface area contributed by atoms with E-state index in [-0.39, 0.29) is 16.6 Å². The number of aryl methyl sites for hydroxylation is 1. The van der Waals surface area contributed by atoms with Gasteiger partial charge in [0.1, 0.15) is 23.0 Å². The molecular formula is C21H17ClFN5O2. The predicted molar refractivity (Wildman–Crippen MR) is 113 cm³/mol. The molecule has 0 spiro atoms. The number of rotatable bonds is 5. The maximum absolute atomic E-state index is 13.4. The number of pyridine rings is 1. The van der Waals surface area contributed by atoms with Gasteiger partial charge < -0.3 is 19.9 Å². The highest BCUT2D eigenvalue weighted by Crippen LogP contribution is 2.29. The van der Waals surface area contributed by atoms with E-state index in [0.29, 0.717) is 28.7 Å². The number of ether oxygens (including phenoxy) is 1. The molecule has 0 saturated carbocycles. The van der Waals surface area contributed by atoms with Crippen molar-refractivity contribution in [3.63, 3.8) is 0 Å². The Hall–Kier alpha value is -3.65. The molecule has 0 aliphatic rings. The molecule has 0 bridgehead atoms. The molecule has 0 fully saturated rings. The Morgan fingerprint density at radius 1 is 1.13 bits per heavy atom. The van der Waals surface area contributed by atoms with Crippen LogP contribution in [0.2, 0.25) is 5.02 Å². The number of amides is 1. The van der Waals surface area contributed by atoms with Crippen molar-refractivity contribution in [3.05, 3.63) is 71.3 Å². The lowest BCUT2D eigenvalue weighted by Crippen LogP contribution is -2.18. The van der Waals surface area contributed by atoms with Crippen LogP contribution in [-0.4, -0.2) is 27.5 Å². The van der Waals surface area contributed by atoms with Gasteiger partial charge in [-0.2, -0.15) is 0 Å². The van der Waals surface area contributed by atoms with E-state index in [1.807, 2.05) is 23.7 Å². The minimum atomic E-state index is -0.482. The minimum absolute atomic E-state index is 0.0305. The zero-order valence-electron chi connectivity index (χ0n) is 16.1. The zero-order chi connectivity index (χ0) is 21.3. The number of aromatic nitrogens is 3. The summed E-state index contributed by atoms with van der Waals surface area (Å²) in [5.74, 6) is 0.835. The highest BCUT2D eigenvalue weighted by Gasteiger charge is 2.11. The smallest absolute Gasteiger partial charge is 0.269 e. The average molecular weight is 426 g/mol. The maximum atomic E-state index is 13.4. The standard InChI is InChI=1S/C21H17ClFN5O2/c1-24-20(29)18-11-14(7-8-25-18)30-13-4-6-19-17(10-13)27-21(28(19)2)26-12-3-5-16(23)15(22)9-12/h3-11H,1-2H3,(H,24,29)(H,26,27). The van der Waals surface area contributed by atoms with Crippen LogP contribution in [0.3, 0.4) is 0 Å². The van der Waals surface area contributed by atoms with Crippen molar-refractivity contribution in [2.75, 3.05) is 12.4 Å². The van der Waals surface area contributed by atoms with Crippen LogP contribution in [0.25, 0.3) is 11.0 Å². The number of halogens is 2. The molecule has 2 heterocycles. The quantitative estimate of drug-likeness (QED) is 0.486. The highest BCUT2D eigenvalue weighted by molar-refractivity contribution is 6.31. The summed E-state index contributed by atoms with van der Waals surface area (Å²) in [5.41, 5.74) is 2.46. The van der Waals surface area contributed by atoms with E-state index in [0.717, 1.165) is 5.52 Å². The molecule has 1 amide bonds. The SMILES string of the molecule is CNC(=O)c1cc(Oc2ccc3c(c2)nc(Nc2ccc(F)c(Cl)c2)n3C)ccn1. The van der Waals surface area contributed by atoms with Crippen LogP contribution in [0.4, 0.5) is 16.0 Å². The van der Waals surface area contributed by atoms with E-state index in [1.165, 1.54) is 25.4 Å². The summed E-state index contributed by atoms with van der Waals surface area (Å²) >= 11 is 5.85. The third-order valence-electron chi connectivity index (χ3n) is 4.45. The molecule has 0 saturated heterocycles. The van der Waals surface area contributed by atoms with Crippen LogP contribution in [-0.2, 0) is 7.05 Å². The summed E-state index contributed by atoms with van der Waals surface area (Å²) in [6, 6.07) is 13.1.